The Morgan fingerprint density at radius 1 is 1.39 bits per heavy atom. The summed E-state index contributed by atoms with van der Waals surface area (Å²) < 4.78 is 38.1. The molecule has 0 bridgehead atoms. The molecule has 1 aliphatic carbocycles. The van der Waals surface area contributed by atoms with E-state index in [1.54, 1.807) is 11.3 Å². The van der Waals surface area contributed by atoms with Crippen LogP contribution >= 0.6 is 11.3 Å². The van der Waals surface area contributed by atoms with Crippen molar-refractivity contribution in [2.45, 2.75) is 50.9 Å². The second kappa shape index (κ2) is 5.61. The van der Waals surface area contributed by atoms with Crippen LogP contribution in [0.2, 0.25) is 0 Å². The molecule has 1 N–H and O–H groups in total. The zero-order valence-electron chi connectivity index (χ0n) is 10.3. The van der Waals surface area contributed by atoms with Gasteiger partial charge < -0.3 is 5.32 Å². The molecule has 1 fully saturated rings. The van der Waals surface area contributed by atoms with Crippen molar-refractivity contribution in [1.82, 2.24) is 5.32 Å². The maximum atomic E-state index is 12.7. The molecule has 18 heavy (non-hydrogen) atoms. The molecule has 1 aromatic heterocycles. The average molecular weight is 277 g/mol. The van der Waals surface area contributed by atoms with Crippen molar-refractivity contribution in [2.24, 2.45) is 5.92 Å². The molecule has 3 atom stereocenters. The van der Waals surface area contributed by atoms with Gasteiger partial charge in [0.15, 0.2) is 0 Å². The van der Waals surface area contributed by atoms with E-state index in [4.69, 9.17) is 0 Å². The second-order valence-electron chi connectivity index (χ2n) is 5.05. The first kappa shape index (κ1) is 13.9. The van der Waals surface area contributed by atoms with Crippen LogP contribution in [-0.2, 0) is 0 Å². The smallest absolute Gasteiger partial charge is 0.307 e. The predicted molar refractivity (Wildman–Crippen MR) is 67.7 cm³/mol. The summed E-state index contributed by atoms with van der Waals surface area (Å²) in [5.41, 5.74) is 1.16. The molecule has 1 saturated carbocycles. The maximum absolute atomic E-state index is 12.7. The second-order valence-corrected chi connectivity index (χ2v) is 5.83. The fourth-order valence-electron chi connectivity index (χ4n) is 2.61. The van der Waals surface area contributed by atoms with Gasteiger partial charge in [-0.15, -0.1) is 0 Å². The van der Waals surface area contributed by atoms with Gasteiger partial charge in [-0.3, -0.25) is 0 Å². The molecule has 5 heteroatoms. The molecule has 3 unspecified atom stereocenters. The minimum Gasteiger partial charge on any atom is -0.307 e. The molecule has 0 amide bonds. The Labute approximate surface area is 109 Å². The highest BCUT2D eigenvalue weighted by Crippen LogP contribution is 2.38. The van der Waals surface area contributed by atoms with Gasteiger partial charge in [0.2, 0.25) is 0 Å². The van der Waals surface area contributed by atoms with Gasteiger partial charge in [0.05, 0.1) is 5.92 Å². The number of hydrogen-bond donors (Lipinski definition) is 1. The molecular weight excluding hydrogens is 259 g/mol. The van der Waals surface area contributed by atoms with Crippen molar-refractivity contribution >= 4 is 11.3 Å². The summed E-state index contributed by atoms with van der Waals surface area (Å²) in [7, 11) is 0. The largest absolute Gasteiger partial charge is 0.391 e. The third-order valence-electron chi connectivity index (χ3n) is 3.67. The van der Waals surface area contributed by atoms with E-state index in [0.29, 0.717) is 6.42 Å². The Morgan fingerprint density at radius 3 is 2.78 bits per heavy atom. The fraction of sp³-hybridized carbons (Fsp3) is 0.692. The highest BCUT2D eigenvalue weighted by atomic mass is 32.1. The van der Waals surface area contributed by atoms with Gasteiger partial charge in [-0.25, -0.2) is 0 Å². The molecule has 0 aromatic carbocycles. The van der Waals surface area contributed by atoms with Gasteiger partial charge in [-0.2, -0.15) is 24.5 Å². The molecule has 0 aliphatic heterocycles. The lowest BCUT2D eigenvalue weighted by atomic mass is 9.85. The Morgan fingerprint density at radius 2 is 2.17 bits per heavy atom. The number of rotatable bonds is 3. The van der Waals surface area contributed by atoms with Crippen molar-refractivity contribution in [1.29, 1.82) is 0 Å². The summed E-state index contributed by atoms with van der Waals surface area (Å²) >= 11 is 1.61. The zero-order valence-corrected chi connectivity index (χ0v) is 11.2. The Hall–Kier alpha value is -0.550. The van der Waals surface area contributed by atoms with Crippen LogP contribution in [0.4, 0.5) is 13.2 Å². The maximum Gasteiger partial charge on any atom is 0.391 e. The van der Waals surface area contributed by atoms with E-state index < -0.39 is 12.1 Å². The minimum atomic E-state index is -4.04. The molecule has 1 nitrogen and oxygen atoms in total. The molecule has 1 aromatic rings. The topological polar surface area (TPSA) is 12.0 Å². The van der Waals surface area contributed by atoms with E-state index in [-0.39, 0.29) is 24.9 Å². The standard InChI is InChI=1S/C13H18F3NS/c1-9(10-5-6-18-8-10)17-12-4-2-3-11(7-12)13(14,15)16/h5-6,8-9,11-12,17H,2-4,7H2,1H3. The Kier molecular flexibility index (Phi) is 4.33. The van der Waals surface area contributed by atoms with Gasteiger partial charge in [0.25, 0.3) is 0 Å². The highest BCUT2D eigenvalue weighted by Gasteiger charge is 2.42. The normalized spacial score (nSPS) is 27.1. The summed E-state index contributed by atoms with van der Waals surface area (Å²) in [6, 6.07) is 2.14. The van der Waals surface area contributed by atoms with Crippen molar-refractivity contribution < 1.29 is 13.2 Å². The molecule has 1 aliphatic rings. The number of nitrogens with one attached hydrogen (secondary N) is 1. The third kappa shape index (κ3) is 3.48. The summed E-state index contributed by atoms with van der Waals surface area (Å²) in [4.78, 5) is 0. The van der Waals surface area contributed by atoms with E-state index in [0.717, 1.165) is 12.0 Å². The molecule has 0 saturated heterocycles. The Balaban J connectivity index is 1.90. The highest BCUT2D eigenvalue weighted by molar-refractivity contribution is 7.07. The zero-order chi connectivity index (χ0) is 13.2. The van der Waals surface area contributed by atoms with Gasteiger partial charge in [0, 0.05) is 12.1 Å². The first-order valence-electron chi connectivity index (χ1n) is 6.31. The fourth-order valence-corrected chi connectivity index (χ4v) is 3.36. The van der Waals surface area contributed by atoms with Crippen molar-refractivity contribution in [3.8, 4) is 0 Å². The lowest BCUT2D eigenvalue weighted by Gasteiger charge is -2.32. The van der Waals surface area contributed by atoms with Crippen LogP contribution in [0.15, 0.2) is 16.8 Å². The summed E-state index contributed by atoms with van der Waals surface area (Å²) in [6.45, 7) is 2.01. The van der Waals surface area contributed by atoms with Crippen molar-refractivity contribution in [3.05, 3.63) is 22.4 Å². The van der Waals surface area contributed by atoms with E-state index in [1.807, 2.05) is 23.8 Å². The summed E-state index contributed by atoms with van der Waals surface area (Å²) in [5, 5.41) is 7.37. The summed E-state index contributed by atoms with van der Waals surface area (Å²) in [6.07, 6.45) is -2.02. The number of halogens is 3. The first-order valence-corrected chi connectivity index (χ1v) is 7.26. The molecular formula is C13H18F3NS. The summed E-state index contributed by atoms with van der Waals surface area (Å²) in [5.74, 6) is -1.13. The van der Waals surface area contributed by atoms with E-state index >= 15 is 0 Å². The quantitative estimate of drug-likeness (QED) is 0.856. The Bertz CT molecular complexity index is 361. The van der Waals surface area contributed by atoms with Gasteiger partial charge >= 0.3 is 6.18 Å². The number of thiophene rings is 1. The third-order valence-corrected chi connectivity index (χ3v) is 4.37. The van der Waals surface area contributed by atoms with Crippen LogP contribution in [-0.4, -0.2) is 12.2 Å². The lowest BCUT2D eigenvalue weighted by Crippen LogP contribution is -2.39. The van der Waals surface area contributed by atoms with Gasteiger partial charge in [0.1, 0.15) is 0 Å². The first-order chi connectivity index (χ1) is 8.47. The molecule has 2 rings (SSSR count). The van der Waals surface area contributed by atoms with Crippen LogP contribution in [0, 0.1) is 5.92 Å². The lowest BCUT2D eigenvalue weighted by molar-refractivity contribution is -0.183. The minimum absolute atomic E-state index is 0.0136. The van der Waals surface area contributed by atoms with Crippen LogP contribution in [0.5, 0.6) is 0 Å². The molecule has 1 heterocycles. The van der Waals surface area contributed by atoms with Crippen molar-refractivity contribution in [3.63, 3.8) is 0 Å². The van der Waals surface area contributed by atoms with Crippen LogP contribution in [0.3, 0.4) is 0 Å². The molecule has 102 valence electrons. The van der Waals surface area contributed by atoms with Crippen LogP contribution < -0.4 is 5.32 Å². The molecule has 0 spiro atoms. The van der Waals surface area contributed by atoms with Crippen LogP contribution in [0.1, 0.15) is 44.2 Å². The van der Waals surface area contributed by atoms with Crippen LogP contribution in [0.25, 0.3) is 0 Å². The molecule has 0 radical (unpaired) electrons. The van der Waals surface area contributed by atoms with E-state index in [1.165, 1.54) is 0 Å². The van der Waals surface area contributed by atoms with Gasteiger partial charge in [-0.05, 0) is 48.6 Å². The SMILES string of the molecule is CC(NC1CCCC(C(F)(F)F)C1)c1ccsc1. The van der Waals surface area contributed by atoms with Gasteiger partial charge in [-0.1, -0.05) is 6.42 Å². The van der Waals surface area contributed by atoms with Crippen molar-refractivity contribution in [2.75, 3.05) is 0 Å². The predicted octanol–water partition coefficient (Wildman–Crippen LogP) is 4.52. The average Bonchev–Trinajstić information content (AvgIpc) is 2.81. The van der Waals surface area contributed by atoms with E-state index in [9.17, 15) is 13.2 Å². The monoisotopic (exact) mass is 277 g/mol. The van der Waals surface area contributed by atoms with E-state index in [2.05, 4.69) is 5.32 Å². The number of alkyl halides is 3. The number of hydrogen-bond acceptors (Lipinski definition) is 2.